The smallest absolute Gasteiger partial charge is 0.338 e. The molecule has 4 nitrogen and oxygen atoms in total. The van der Waals surface area contributed by atoms with Crippen LogP contribution < -0.4 is 5.73 Å². The number of aryl methyl sites for hydroxylation is 1. The SMILES string of the molecule is CCOC(=O)c1ccc(N)c(Sc2ccoc2C)c1. The molecule has 0 spiro atoms. The zero-order valence-corrected chi connectivity index (χ0v) is 11.6. The van der Waals surface area contributed by atoms with Crippen molar-refractivity contribution >= 4 is 23.4 Å². The van der Waals surface area contributed by atoms with E-state index in [-0.39, 0.29) is 5.97 Å². The number of hydrogen-bond donors (Lipinski definition) is 1. The highest BCUT2D eigenvalue weighted by molar-refractivity contribution is 7.99. The van der Waals surface area contributed by atoms with Crippen molar-refractivity contribution in [3.05, 3.63) is 41.9 Å². The van der Waals surface area contributed by atoms with E-state index in [9.17, 15) is 4.79 Å². The second kappa shape index (κ2) is 5.84. The lowest BCUT2D eigenvalue weighted by Gasteiger charge is -2.07. The van der Waals surface area contributed by atoms with E-state index >= 15 is 0 Å². The largest absolute Gasteiger partial charge is 0.468 e. The van der Waals surface area contributed by atoms with Gasteiger partial charge in [0.1, 0.15) is 5.76 Å². The van der Waals surface area contributed by atoms with Crippen LogP contribution in [0.3, 0.4) is 0 Å². The molecule has 2 N–H and O–H groups in total. The predicted molar refractivity (Wildman–Crippen MR) is 74.4 cm³/mol. The van der Waals surface area contributed by atoms with Crippen LogP contribution in [0.4, 0.5) is 5.69 Å². The van der Waals surface area contributed by atoms with Gasteiger partial charge >= 0.3 is 5.97 Å². The highest BCUT2D eigenvalue weighted by Gasteiger charge is 2.11. The summed E-state index contributed by atoms with van der Waals surface area (Å²) in [7, 11) is 0. The second-order valence-electron chi connectivity index (χ2n) is 3.92. The first-order valence-electron chi connectivity index (χ1n) is 5.90. The summed E-state index contributed by atoms with van der Waals surface area (Å²) < 4.78 is 10.2. The fourth-order valence-corrected chi connectivity index (χ4v) is 2.49. The zero-order valence-electron chi connectivity index (χ0n) is 10.8. The van der Waals surface area contributed by atoms with E-state index in [4.69, 9.17) is 14.9 Å². The number of nitrogen functional groups attached to an aromatic ring is 1. The Kier molecular flexibility index (Phi) is 4.16. The Bertz CT molecular complexity index is 592. The Hall–Kier alpha value is -1.88. The average molecular weight is 277 g/mol. The maximum atomic E-state index is 11.7. The van der Waals surface area contributed by atoms with Crippen LogP contribution in [0.5, 0.6) is 0 Å². The molecule has 0 amide bonds. The minimum absolute atomic E-state index is 0.340. The van der Waals surface area contributed by atoms with Crippen molar-refractivity contribution in [2.24, 2.45) is 0 Å². The molecule has 100 valence electrons. The molecule has 0 aliphatic carbocycles. The van der Waals surface area contributed by atoms with Gasteiger partial charge in [0.15, 0.2) is 0 Å². The van der Waals surface area contributed by atoms with E-state index in [2.05, 4.69) is 0 Å². The third-order valence-electron chi connectivity index (χ3n) is 2.56. The number of esters is 1. The highest BCUT2D eigenvalue weighted by Crippen LogP contribution is 2.35. The van der Waals surface area contributed by atoms with Gasteiger partial charge in [-0.3, -0.25) is 0 Å². The van der Waals surface area contributed by atoms with Gasteiger partial charge in [-0.2, -0.15) is 0 Å². The van der Waals surface area contributed by atoms with Gasteiger partial charge in [-0.15, -0.1) is 0 Å². The first kappa shape index (κ1) is 13.5. The highest BCUT2D eigenvalue weighted by atomic mass is 32.2. The van der Waals surface area contributed by atoms with Gasteiger partial charge in [0.2, 0.25) is 0 Å². The van der Waals surface area contributed by atoms with Gasteiger partial charge in [-0.05, 0) is 38.1 Å². The van der Waals surface area contributed by atoms with Crippen LogP contribution >= 0.6 is 11.8 Å². The molecule has 0 aliphatic rings. The van der Waals surface area contributed by atoms with Gasteiger partial charge < -0.3 is 14.9 Å². The molecule has 1 aromatic carbocycles. The van der Waals surface area contributed by atoms with E-state index in [1.807, 2.05) is 13.0 Å². The first-order valence-corrected chi connectivity index (χ1v) is 6.72. The molecule has 19 heavy (non-hydrogen) atoms. The molecule has 0 fully saturated rings. The molecule has 2 rings (SSSR count). The molecule has 5 heteroatoms. The van der Waals surface area contributed by atoms with Crippen molar-refractivity contribution in [1.29, 1.82) is 0 Å². The third-order valence-corrected chi connectivity index (χ3v) is 3.77. The molecule has 0 saturated carbocycles. The van der Waals surface area contributed by atoms with Crippen LogP contribution in [0.1, 0.15) is 23.0 Å². The van der Waals surface area contributed by atoms with E-state index in [0.29, 0.717) is 17.9 Å². The Morgan fingerprint density at radius 1 is 1.37 bits per heavy atom. The molecular formula is C14H15NO3S. The molecule has 0 bridgehead atoms. The lowest BCUT2D eigenvalue weighted by atomic mass is 10.2. The number of anilines is 1. The van der Waals surface area contributed by atoms with Crippen molar-refractivity contribution in [2.45, 2.75) is 23.6 Å². The fourth-order valence-electron chi connectivity index (χ4n) is 1.56. The quantitative estimate of drug-likeness (QED) is 0.684. The van der Waals surface area contributed by atoms with Crippen LogP contribution in [0, 0.1) is 6.92 Å². The van der Waals surface area contributed by atoms with Crippen LogP contribution in [-0.2, 0) is 4.74 Å². The number of carbonyl (C=O) groups is 1. The van der Waals surface area contributed by atoms with Gasteiger partial charge in [-0.25, -0.2) is 4.79 Å². The minimum Gasteiger partial charge on any atom is -0.468 e. The monoisotopic (exact) mass is 277 g/mol. The summed E-state index contributed by atoms with van der Waals surface area (Å²) in [5.74, 6) is 0.485. The van der Waals surface area contributed by atoms with E-state index in [1.54, 1.807) is 31.4 Å². The molecular weight excluding hydrogens is 262 g/mol. The summed E-state index contributed by atoms with van der Waals surface area (Å²) in [4.78, 5) is 13.5. The van der Waals surface area contributed by atoms with Crippen molar-refractivity contribution in [3.63, 3.8) is 0 Å². The normalized spacial score (nSPS) is 10.4. The predicted octanol–water partition coefficient (Wildman–Crippen LogP) is 3.50. The molecule has 0 unspecified atom stereocenters. The number of furan rings is 1. The molecule has 0 radical (unpaired) electrons. The van der Waals surface area contributed by atoms with E-state index < -0.39 is 0 Å². The fraction of sp³-hybridized carbons (Fsp3) is 0.214. The number of nitrogens with two attached hydrogens (primary N) is 1. The summed E-state index contributed by atoms with van der Waals surface area (Å²) in [6, 6.07) is 6.99. The van der Waals surface area contributed by atoms with Gasteiger partial charge in [0, 0.05) is 10.6 Å². The second-order valence-corrected chi connectivity index (χ2v) is 5.00. The van der Waals surface area contributed by atoms with Crippen LogP contribution in [-0.4, -0.2) is 12.6 Å². The average Bonchev–Trinajstić information content (AvgIpc) is 2.78. The third kappa shape index (κ3) is 3.12. The Morgan fingerprint density at radius 2 is 2.16 bits per heavy atom. The number of rotatable bonds is 4. The Balaban J connectivity index is 2.27. The number of benzene rings is 1. The molecule has 1 heterocycles. The van der Waals surface area contributed by atoms with Crippen molar-refractivity contribution in [2.75, 3.05) is 12.3 Å². The summed E-state index contributed by atoms with van der Waals surface area (Å²) in [5.41, 5.74) is 7.05. The van der Waals surface area contributed by atoms with Crippen LogP contribution in [0.25, 0.3) is 0 Å². The van der Waals surface area contributed by atoms with E-state index in [1.165, 1.54) is 11.8 Å². The van der Waals surface area contributed by atoms with Crippen molar-refractivity contribution < 1.29 is 13.9 Å². The van der Waals surface area contributed by atoms with Crippen molar-refractivity contribution in [3.8, 4) is 0 Å². The molecule has 0 saturated heterocycles. The minimum atomic E-state index is -0.340. The maximum absolute atomic E-state index is 11.7. The topological polar surface area (TPSA) is 65.5 Å². The first-order chi connectivity index (χ1) is 9.11. The number of hydrogen-bond acceptors (Lipinski definition) is 5. The number of ether oxygens (including phenoxy) is 1. The maximum Gasteiger partial charge on any atom is 0.338 e. The Labute approximate surface area is 115 Å². The summed E-state index contributed by atoms with van der Waals surface area (Å²) in [6.07, 6.45) is 1.63. The lowest BCUT2D eigenvalue weighted by molar-refractivity contribution is 0.0526. The lowest BCUT2D eigenvalue weighted by Crippen LogP contribution is -2.05. The molecule has 0 aliphatic heterocycles. The zero-order chi connectivity index (χ0) is 13.8. The molecule has 1 aromatic heterocycles. The van der Waals surface area contributed by atoms with Crippen LogP contribution in [0.2, 0.25) is 0 Å². The van der Waals surface area contributed by atoms with Gasteiger partial charge in [0.05, 0.1) is 23.3 Å². The standard InChI is InChI=1S/C14H15NO3S/c1-3-17-14(16)10-4-5-11(15)13(8-10)19-12-6-7-18-9(12)2/h4-8H,3,15H2,1-2H3. The Morgan fingerprint density at radius 3 is 2.79 bits per heavy atom. The van der Waals surface area contributed by atoms with Gasteiger partial charge in [0.25, 0.3) is 0 Å². The van der Waals surface area contributed by atoms with Crippen molar-refractivity contribution in [1.82, 2.24) is 0 Å². The summed E-state index contributed by atoms with van der Waals surface area (Å²) >= 11 is 1.47. The summed E-state index contributed by atoms with van der Waals surface area (Å²) in [5, 5.41) is 0. The summed E-state index contributed by atoms with van der Waals surface area (Å²) in [6.45, 7) is 4.01. The van der Waals surface area contributed by atoms with Gasteiger partial charge in [-0.1, -0.05) is 11.8 Å². The van der Waals surface area contributed by atoms with Crippen LogP contribution in [0.15, 0.2) is 44.7 Å². The van der Waals surface area contributed by atoms with E-state index in [0.717, 1.165) is 15.6 Å². The molecule has 2 aromatic rings. The number of carbonyl (C=O) groups excluding carboxylic acids is 1. The molecule has 0 atom stereocenters.